The summed E-state index contributed by atoms with van der Waals surface area (Å²) in [6.45, 7) is 0. The summed E-state index contributed by atoms with van der Waals surface area (Å²) in [5, 5.41) is 2.75. The van der Waals surface area contributed by atoms with Crippen molar-refractivity contribution in [1.29, 1.82) is 0 Å². The van der Waals surface area contributed by atoms with E-state index in [0.717, 1.165) is 0 Å². The summed E-state index contributed by atoms with van der Waals surface area (Å²) in [5.41, 5.74) is 0. The van der Waals surface area contributed by atoms with Crippen LogP contribution >= 0.6 is 0 Å². The third kappa shape index (κ3) is 1.20. The molecule has 0 aliphatic carbocycles. The monoisotopic (exact) mass is 167 g/mol. The summed E-state index contributed by atoms with van der Waals surface area (Å²) >= 11 is 0. The van der Waals surface area contributed by atoms with Gasteiger partial charge >= 0.3 is 5.97 Å². The van der Waals surface area contributed by atoms with Gasteiger partial charge in [-0.2, -0.15) is 0 Å². The minimum atomic E-state index is -0.200. The fourth-order valence-electron chi connectivity index (χ4n) is 1.43. The van der Waals surface area contributed by atoms with Crippen molar-refractivity contribution in [3.63, 3.8) is 0 Å². The molecule has 0 radical (unpaired) electrons. The van der Waals surface area contributed by atoms with Crippen molar-refractivity contribution in [2.45, 2.75) is 25.3 Å². The summed E-state index contributed by atoms with van der Waals surface area (Å²) in [6.07, 6.45) is 3.05. The second-order valence-electron chi connectivity index (χ2n) is 2.94. The normalized spacial score (nSPS) is 28.3. The van der Waals surface area contributed by atoms with Gasteiger partial charge in [-0.15, -0.1) is 0 Å². The molecule has 0 spiro atoms. The predicted octanol–water partition coefficient (Wildman–Crippen LogP) is 0.0958. The Balaban J connectivity index is 2.17. The maximum Gasteiger partial charge on any atom is 0.311 e. The Labute approximate surface area is 69.6 Å². The average Bonchev–Trinajstić information content (AvgIpc) is 2.05. The van der Waals surface area contributed by atoms with Gasteiger partial charge in [-0.1, -0.05) is 0 Å². The molecule has 12 heavy (non-hydrogen) atoms. The van der Waals surface area contributed by atoms with E-state index >= 15 is 0 Å². The van der Waals surface area contributed by atoms with E-state index in [1.54, 1.807) is 6.08 Å². The van der Waals surface area contributed by atoms with Crippen molar-refractivity contribution in [1.82, 2.24) is 5.32 Å². The van der Waals surface area contributed by atoms with Crippen LogP contribution in [0.25, 0.3) is 0 Å². The molecule has 2 aliphatic rings. The fourth-order valence-corrected chi connectivity index (χ4v) is 1.43. The Morgan fingerprint density at radius 1 is 1.50 bits per heavy atom. The number of rotatable bonds is 0. The van der Waals surface area contributed by atoms with Crippen LogP contribution in [0.15, 0.2) is 11.8 Å². The van der Waals surface area contributed by atoms with Crippen molar-refractivity contribution in [3.8, 4) is 0 Å². The molecule has 0 aromatic carbocycles. The number of carbonyl (C=O) groups excluding carboxylic acids is 2. The number of nitrogens with one attached hydrogen (secondary N) is 1. The second kappa shape index (κ2) is 2.62. The van der Waals surface area contributed by atoms with Crippen LogP contribution in [0.4, 0.5) is 0 Å². The van der Waals surface area contributed by atoms with E-state index in [0.29, 0.717) is 25.0 Å². The lowest BCUT2D eigenvalue weighted by Crippen LogP contribution is -2.42. The van der Waals surface area contributed by atoms with E-state index in [4.69, 9.17) is 4.74 Å². The summed E-state index contributed by atoms with van der Waals surface area (Å²) in [5.74, 6) is 0.418. The van der Waals surface area contributed by atoms with Crippen molar-refractivity contribution in [2.75, 3.05) is 0 Å². The molecule has 64 valence electrons. The molecule has 2 rings (SSSR count). The van der Waals surface area contributed by atoms with Gasteiger partial charge in [0, 0.05) is 12.8 Å². The standard InChI is InChI=1S/C8H9NO3/c10-7-3-2-6-5(9-7)1-4-8(11)12-6/h2,5H,1,3-4H2,(H,9,10)/t5-/m0/s1. The molecule has 0 bridgehead atoms. The van der Waals surface area contributed by atoms with Crippen LogP contribution in [0.5, 0.6) is 0 Å². The second-order valence-corrected chi connectivity index (χ2v) is 2.94. The van der Waals surface area contributed by atoms with Gasteiger partial charge in [-0.3, -0.25) is 9.59 Å². The van der Waals surface area contributed by atoms with Crippen LogP contribution in [-0.4, -0.2) is 17.9 Å². The smallest absolute Gasteiger partial charge is 0.311 e. The Morgan fingerprint density at radius 3 is 3.17 bits per heavy atom. The van der Waals surface area contributed by atoms with E-state index in [1.165, 1.54) is 0 Å². The molecule has 0 aromatic rings. The first-order valence-corrected chi connectivity index (χ1v) is 3.96. The summed E-state index contributed by atoms with van der Waals surface area (Å²) in [7, 11) is 0. The summed E-state index contributed by atoms with van der Waals surface area (Å²) in [6, 6.07) is -0.0658. The lowest BCUT2D eigenvalue weighted by Gasteiger charge is -2.28. The molecule has 2 aliphatic heterocycles. The number of amides is 1. The van der Waals surface area contributed by atoms with Gasteiger partial charge in [-0.25, -0.2) is 0 Å². The van der Waals surface area contributed by atoms with Crippen molar-refractivity contribution in [3.05, 3.63) is 11.8 Å². The molecule has 1 amide bonds. The number of fused-ring (bicyclic) bond motifs is 1. The third-order valence-corrected chi connectivity index (χ3v) is 2.04. The first-order valence-electron chi connectivity index (χ1n) is 3.96. The molecule has 0 unspecified atom stereocenters. The number of ether oxygens (including phenoxy) is 1. The lowest BCUT2D eigenvalue weighted by atomic mass is 10.0. The Morgan fingerprint density at radius 2 is 2.33 bits per heavy atom. The van der Waals surface area contributed by atoms with E-state index in [-0.39, 0.29) is 17.9 Å². The van der Waals surface area contributed by atoms with Crippen LogP contribution < -0.4 is 5.32 Å². The highest BCUT2D eigenvalue weighted by molar-refractivity contribution is 5.81. The fraction of sp³-hybridized carbons (Fsp3) is 0.500. The number of hydrogen-bond acceptors (Lipinski definition) is 3. The van der Waals surface area contributed by atoms with Gasteiger partial charge in [0.05, 0.1) is 6.04 Å². The maximum absolute atomic E-state index is 10.9. The maximum atomic E-state index is 10.9. The highest BCUT2D eigenvalue weighted by Gasteiger charge is 2.29. The van der Waals surface area contributed by atoms with Crippen LogP contribution in [0.1, 0.15) is 19.3 Å². The zero-order chi connectivity index (χ0) is 8.55. The third-order valence-electron chi connectivity index (χ3n) is 2.04. The molecule has 1 N–H and O–H groups in total. The molecule has 2 heterocycles. The SMILES string of the molecule is O=C1CC=C2OC(=O)CC[C@@H]2N1. The van der Waals surface area contributed by atoms with Crippen LogP contribution in [0.3, 0.4) is 0 Å². The molecule has 0 aromatic heterocycles. The molecule has 4 heteroatoms. The highest BCUT2D eigenvalue weighted by atomic mass is 16.5. The number of esters is 1. The van der Waals surface area contributed by atoms with E-state index in [9.17, 15) is 9.59 Å². The minimum Gasteiger partial charge on any atom is -0.429 e. The van der Waals surface area contributed by atoms with Gasteiger partial charge in [-0.05, 0) is 12.5 Å². The Kier molecular flexibility index (Phi) is 1.60. The van der Waals surface area contributed by atoms with Crippen molar-refractivity contribution >= 4 is 11.9 Å². The van der Waals surface area contributed by atoms with E-state index in [2.05, 4.69) is 5.32 Å². The zero-order valence-corrected chi connectivity index (χ0v) is 6.50. The zero-order valence-electron chi connectivity index (χ0n) is 6.50. The molecule has 4 nitrogen and oxygen atoms in total. The summed E-state index contributed by atoms with van der Waals surface area (Å²) < 4.78 is 4.95. The average molecular weight is 167 g/mol. The van der Waals surface area contributed by atoms with Crippen LogP contribution in [0, 0.1) is 0 Å². The Hall–Kier alpha value is -1.32. The largest absolute Gasteiger partial charge is 0.429 e. The van der Waals surface area contributed by atoms with Crippen LogP contribution in [-0.2, 0) is 14.3 Å². The first-order chi connectivity index (χ1) is 5.75. The van der Waals surface area contributed by atoms with Gasteiger partial charge in [0.1, 0.15) is 5.76 Å². The minimum absolute atomic E-state index is 0.00157. The van der Waals surface area contributed by atoms with E-state index in [1.807, 2.05) is 0 Å². The van der Waals surface area contributed by atoms with Gasteiger partial charge < -0.3 is 10.1 Å². The molecule has 1 fully saturated rings. The highest BCUT2D eigenvalue weighted by Crippen LogP contribution is 2.21. The van der Waals surface area contributed by atoms with Gasteiger partial charge in [0.25, 0.3) is 0 Å². The van der Waals surface area contributed by atoms with Gasteiger partial charge in [0.2, 0.25) is 5.91 Å². The van der Waals surface area contributed by atoms with Crippen molar-refractivity contribution in [2.24, 2.45) is 0 Å². The molecule has 1 saturated heterocycles. The van der Waals surface area contributed by atoms with Crippen molar-refractivity contribution < 1.29 is 14.3 Å². The molecular weight excluding hydrogens is 158 g/mol. The van der Waals surface area contributed by atoms with E-state index < -0.39 is 0 Å². The number of hydrogen-bond donors (Lipinski definition) is 1. The summed E-state index contributed by atoms with van der Waals surface area (Å²) in [4.78, 5) is 21.7. The van der Waals surface area contributed by atoms with Gasteiger partial charge in [0.15, 0.2) is 0 Å². The Bertz CT molecular complexity index is 267. The van der Waals surface area contributed by atoms with Crippen LogP contribution in [0.2, 0.25) is 0 Å². The molecule has 0 saturated carbocycles. The molecular formula is C8H9NO3. The first kappa shape index (κ1) is 7.34. The quantitative estimate of drug-likeness (QED) is 0.520. The predicted molar refractivity (Wildman–Crippen MR) is 40.0 cm³/mol. The number of carbonyl (C=O) groups is 2. The topological polar surface area (TPSA) is 55.4 Å². The lowest BCUT2D eigenvalue weighted by molar-refractivity contribution is -0.144. The molecule has 1 atom stereocenters.